The number of aliphatic imine (C=N–C) groups is 1. The monoisotopic (exact) mass is 374 g/mol. The number of carbonyl (C=O) groups is 1. The summed E-state index contributed by atoms with van der Waals surface area (Å²) in [5.41, 5.74) is -0.192. The number of aliphatic hydroxyl groups is 1. The van der Waals surface area contributed by atoms with Gasteiger partial charge in [-0.05, 0) is 32.3 Å². The number of nitrogens with zero attached hydrogens (tertiary/aromatic N) is 1. The SMILES string of the molecule is CCNC(=NCC(C)(O)c1ccccc1)NCCNC(=O)C1CCCCC1. The van der Waals surface area contributed by atoms with E-state index in [9.17, 15) is 9.90 Å². The van der Waals surface area contributed by atoms with Crippen LogP contribution in [0.25, 0.3) is 0 Å². The van der Waals surface area contributed by atoms with Gasteiger partial charge in [-0.25, -0.2) is 4.99 Å². The van der Waals surface area contributed by atoms with E-state index in [0.717, 1.165) is 37.8 Å². The minimum absolute atomic E-state index is 0.172. The highest BCUT2D eigenvalue weighted by Crippen LogP contribution is 2.23. The van der Waals surface area contributed by atoms with Gasteiger partial charge in [-0.15, -0.1) is 0 Å². The minimum Gasteiger partial charge on any atom is -0.384 e. The predicted molar refractivity (Wildman–Crippen MR) is 110 cm³/mol. The smallest absolute Gasteiger partial charge is 0.223 e. The molecule has 0 spiro atoms. The molecular formula is C21H34N4O2. The van der Waals surface area contributed by atoms with Crippen molar-refractivity contribution in [3.8, 4) is 0 Å². The first-order valence-corrected chi connectivity index (χ1v) is 10.1. The molecule has 1 unspecified atom stereocenters. The van der Waals surface area contributed by atoms with Gasteiger partial charge in [-0.2, -0.15) is 0 Å². The van der Waals surface area contributed by atoms with Gasteiger partial charge in [-0.3, -0.25) is 4.79 Å². The van der Waals surface area contributed by atoms with E-state index in [2.05, 4.69) is 20.9 Å². The highest BCUT2D eigenvalue weighted by atomic mass is 16.3. The van der Waals surface area contributed by atoms with Crippen LogP contribution < -0.4 is 16.0 Å². The summed E-state index contributed by atoms with van der Waals surface area (Å²) in [7, 11) is 0. The highest BCUT2D eigenvalue weighted by molar-refractivity contribution is 5.80. The molecule has 1 atom stereocenters. The van der Waals surface area contributed by atoms with Crippen LogP contribution in [-0.4, -0.2) is 43.2 Å². The molecule has 150 valence electrons. The van der Waals surface area contributed by atoms with Crippen molar-refractivity contribution in [2.24, 2.45) is 10.9 Å². The van der Waals surface area contributed by atoms with Crippen LogP contribution in [0.15, 0.2) is 35.3 Å². The van der Waals surface area contributed by atoms with Gasteiger partial charge in [0.15, 0.2) is 5.96 Å². The molecule has 1 aromatic rings. The number of benzene rings is 1. The summed E-state index contributed by atoms with van der Waals surface area (Å²) in [6, 6.07) is 9.54. The number of carbonyl (C=O) groups excluding carboxylic acids is 1. The summed E-state index contributed by atoms with van der Waals surface area (Å²) < 4.78 is 0. The van der Waals surface area contributed by atoms with Crippen LogP contribution in [-0.2, 0) is 10.4 Å². The Bertz CT molecular complexity index is 595. The Morgan fingerprint density at radius 2 is 1.78 bits per heavy atom. The molecule has 1 aliphatic rings. The third-order valence-electron chi connectivity index (χ3n) is 4.98. The third-order valence-corrected chi connectivity index (χ3v) is 4.98. The minimum atomic E-state index is -1.03. The number of amides is 1. The van der Waals surface area contributed by atoms with Gasteiger partial charge in [0.25, 0.3) is 0 Å². The summed E-state index contributed by atoms with van der Waals surface area (Å²) in [6.45, 7) is 5.90. The Hall–Kier alpha value is -2.08. The van der Waals surface area contributed by atoms with Crippen LogP contribution in [0.5, 0.6) is 0 Å². The quantitative estimate of drug-likeness (QED) is 0.319. The molecule has 1 fully saturated rings. The molecule has 0 heterocycles. The van der Waals surface area contributed by atoms with Gasteiger partial charge in [0.05, 0.1) is 6.54 Å². The van der Waals surface area contributed by atoms with Gasteiger partial charge in [0.2, 0.25) is 5.91 Å². The molecule has 6 heteroatoms. The number of guanidine groups is 1. The molecule has 1 amide bonds. The van der Waals surface area contributed by atoms with Crippen molar-refractivity contribution in [1.29, 1.82) is 0 Å². The molecule has 6 nitrogen and oxygen atoms in total. The van der Waals surface area contributed by atoms with E-state index in [-0.39, 0.29) is 18.4 Å². The maximum Gasteiger partial charge on any atom is 0.223 e. The summed E-state index contributed by atoms with van der Waals surface area (Å²) >= 11 is 0. The van der Waals surface area contributed by atoms with E-state index in [1.54, 1.807) is 6.92 Å². The maximum absolute atomic E-state index is 12.2. The van der Waals surface area contributed by atoms with Crippen LogP contribution in [0.4, 0.5) is 0 Å². The molecule has 4 N–H and O–H groups in total. The lowest BCUT2D eigenvalue weighted by Crippen LogP contribution is -2.43. The standard InChI is InChI=1S/C21H34N4O2/c1-3-22-20(25-16-21(2,27)18-12-8-5-9-13-18)24-15-14-23-19(26)17-10-6-4-7-11-17/h5,8-9,12-13,17,27H,3-4,6-7,10-11,14-16H2,1-2H3,(H,23,26)(H2,22,24,25). The van der Waals surface area contributed by atoms with Gasteiger partial charge in [-0.1, -0.05) is 49.6 Å². The van der Waals surface area contributed by atoms with Gasteiger partial charge < -0.3 is 21.1 Å². The zero-order chi connectivity index (χ0) is 19.5. The van der Waals surface area contributed by atoms with Crippen molar-refractivity contribution in [1.82, 2.24) is 16.0 Å². The Morgan fingerprint density at radius 1 is 1.11 bits per heavy atom. The normalized spacial score (nSPS) is 17.8. The Balaban J connectivity index is 1.78. The molecule has 1 aromatic carbocycles. The molecular weight excluding hydrogens is 340 g/mol. The first kappa shape index (κ1) is 21.2. The summed E-state index contributed by atoms with van der Waals surface area (Å²) in [4.78, 5) is 16.7. The van der Waals surface area contributed by atoms with E-state index >= 15 is 0 Å². The molecule has 2 rings (SSSR count). The zero-order valence-corrected chi connectivity index (χ0v) is 16.6. The van der Waals surface area contributed by atoms with Crippen LogP contribution >= 0.6 is 0 Å². The molecule has 0 saturated heterocycles. The maximum atomic E-state index is 12.2. The van der Waals surface area contributed by atoms with Crippen LogP contribution in [0.1, 0.15) is 51.5 Å². The van der Waals surface area contributed by atoms with Crippen LogP contribution in [0.3, 0.4) is 0 Å². The second-order valence-corrected chi connectivity index (χ2v) is 7.39. The van der Waals surface area contributed by atoms with Gasteiger partial charge in [0.1, 0.15) is 5.60 Å². The molecule has 1 saturated carbocycles. The van der Waals surface area contributed by atoms with E-state index < -0.39 is 5.60 Å². The lowest BCUT2D eigenvalue weighted by molar-refractivity contribution is -0.125. The lowest BCUT2D eigenvalue weighted by atomic mass is 9.89. The summed E-state index contributed by atoms with van der Waals surface area (Å²) in [5.74, 6) is 0.993. The van der Waals surface area contributed by atoms with Gasteiger partial charge >= 0.3 is 0 Å². The topological polar surface area (TPSA) is 85.8 Å². The second-order valence-electron chi connectivity index (χ2n) is 7.39. The highest BCUT2D eigenvalue weighted by Gasteiger charge is 2.23. The van der Waals surface area contributed by atoms with E-state index in [1.165, 1.54) is 6.42 Å². The fourth-order valence-electron chi connectivity index (χ4n) is 3.34. The van der Waals surface area contributed by atoms with Crippen molar-refractivity contribution in [3.05, 3.63) is 35.9 Å². The molecule has 0 radical (unpaired) electrons. The molecule has 0 bridgehead atoms. The average Bonchev–Trinajstić information content (AvgIpc) is 2.70. The Labute approximate surface area is 162 Å². The van der Waals surface area contributed by atoms with Crippen molar-refractivity contribution >= 4 is 11.9 Å². The van der Waals surface area contributed by atoms with Crippen molar-refractivity contribution in [3.63, 3.8) is 0 Å². The number of rotatable bonds is 8. The second kappa shape index (κ2) is 10.9. The lowest BCUT2D eigenvalue weighted by Gasteiger charge is -2.23. The number of nitrogens with one attached hydrogen (secondary N) is 3. The van der Waals surface area contributed by atoms with E-state index in [1.807, 2.05) is 37.3 Å². The third kappa shape index (κ3) is 7.21. The number of hydrogen-bond acceptors (Lipinski definition) is 3. The van der Waals surface area contributed by atoms with E-state index in [4.69, 9.17) is 0 Å². The molecule has 0 aliphatic heterocycles. The zero-order valence-electron chi connectivity index (χ0n) is 16.6. The van der Waals surface area contributed by atoms with Crippen LogP contribution in [0, 0.1) is 5.92 Å². The molecule has 1 aliphatic carbocycles. The first-order chi connectivity index (χ1) is 13.0. The van der Waals surface area contributed by atoms with Crippen molar-refractivity contribution in [2.45, 2.75) is 51.6 Å². The fraction of sp³-hybridized carbons (Fsp3) is 0.619. The number of hydrogen-bond donors (Lipinski definition) is 4. The average molecular weight is 375 g/mol. The molecule has 27 heavy (non-hydrogen) atoms. The van der Waals surface area contributed by atoms with Crippen molar-refractivity contribution < 1.29 is 9.90 Å². The van der Waals surface area contributed by atoms with E-state index in [0.29, 0.717) is 19.0 Å². The first-order valence-electron chi connectivity index (χ1n) is 10.1. The van der Waals surface area contributed by atoms with Crippen LogP contribution in [0.2, 0.25) is 0 Å². The largest absolute Gasteiger partial charge is 0.384 e. The Morgan fingerprint density at radius 3 is 2.44 bits per heavy atom. The summed E-state index contributed by atoms with van der Waals surface area (Å²) in [6.07, 6.45) is 5.60. The molecule has 0 aromatic heterocycles. The van der Waals surface area contributed by atoms with Crippen molar-refractivity contribution in [2.75, 3.05) is 26.2 Å². The predicted octanol–water partition coefficient (Wildman–Crippen LogP) is 2.15. The fourth-order valence-corrected chi connectivity index (χ4v) is 3.34. The Kier molecular flexibility index (Phi) is 8.58. The summed E-state index contributed by atoms with van der Waals surface area (Å²) in [5, 5.41) is 20.1. The van der Waals surface area contributed by atoms with Gasteiger partial charge in [0, 0.05) is 25.6 Å².